The second-order valence-corrected chi connectivity index (χ2v) is 5.55. The van der Waals surface area contributed by atoms with Crippen LogP contribution in [0.3, 0.4) is 0 Å². The van der Waals surface area contributed by atoms with Gasteiger partial charge in [-0.2, -0.15) is 0 Å². The monoisotopic (exact) mass is 309 g/mol. The van der Waals surface area contributed by atoms with Gasteiger partial charge in [0.05, 0.1) is 12.2 Å². The summed E-state index contributed by atoms with van der Waals surface area (Å²) in [6, 6.07) is 0. The number of aryl methyl sites for hydroxylation is 1. The van der Waals surface area contributed by atoms with Gasteiger partial charge in [0.2, 0.25) is 5.91 Å². The van der Waals surface area contributed by atoms with Gasteiger partial charge in [0, 0.05) is 17.0 Å². The van der Waals surface area contributed by atoms with E-state index in [9.17, 15) is 14.4 Å². The van der Waals surface area contributed by atoms with Crippen LogP contribution in [0.4, 0.5) is 5.00 Å². The first-order chi connectivity index (χ1) is 10.0. The van der Waals surface area contributed by atoms with Crippen molar-refractivity contribution in [2.24, 2.45) is 0 Å². The van der Waals surface area contributed by atoms with Crippen molar-refractivity contribution < 1.29 is 24.2 Å². The van der Waals surface area contributed by atoms with Crippen LogP contribution in [0.15, 0.2) is 12.2 Å². The Labute approximate surface area is 125 Å². The van der Waals surface area contributed by atoms with Crippen LogP contribution in [-0.2, 0) is 27.2 Å². The first kappa shape index (κ1) is 15.2. The number of nitrogens with one attached hydrogen (secondary N) is 1. The lowest BCUT2D eigenvalue weighted by atomic mass is 10.1. The number of hydrogen-bond acceptors (Lipinski definition) is 5. The van der Waals surface area contributed by atoms with Gasteiger partial charge >= 0.3 is 11.9 Å². The van der Waals surface area contributed by atoms with Crippen molar-refractivity contribution in [3.63, 3.8) is 0 Å². The van der Waals surface area contributed by atoms with E-state index in [1.807, 2.05) is 0 Å². The number of esters is 1. The summed E-state index contributed by atoms with van der Waals surface area (Å²) >= 11 is 1.35. The summed E-state index contributed by atoms with van der Waals surface area (Å²) in [5.74, 6) is -2.23. The predicted molar refractivity (Wildman–Crippen MR) is 77.7 cm³/mol. The number of carbonyl (C=O) groups is 3. The quantitative estimate of drug-likeness (QED) is 0.641. The van der Waals surface area contributed by atoms with Crippen molar-refractivity contribution >= 4 is 34.2 Å². The lowest BCUT2D eigenvalue weighted by Gasteiger charge is -2.06. The molecule has 1 aliphatic carbocycles. The summed E-state index contributed by atoms with van der Waals surface area (Å²) < 4.78 is 5.04. The van der Waals surface area contributed by atoms with Gasteiger partial charge in [-0.3, -0.25) is 4.79 Å². The zero-order valence-electron chi connectivity index (χ0n) is 11.5. The topological polar surface area (TPSA) is 92.7 Å². The Morgan fingerprint density at radius 1 is 1.33 bits per heavy atom. The average molecular weight is 309 g/mol. The van der Waals surface area contributed by atoms with E-state index in [0.29, 0.717) is 10.6 Å². The van der Waals surface area contributed by atoms with Crippen LogP contribution in [0.25, 0.3) is 0 Å². The van der Waals surface area contributed by atoms with Crippen LogP contribution in [0, 0.1) is 0 Å². The summed E-state index contributed by atoms with van der Waals surface area (Å²) in [6.07, 6.45) is 4.33. The van der Waals surface area contributed by atoms with E-state index in [0.717, 1.165) is 41.9 Å². The fourth-order valence-electron chi connectivity index (χ4n) is 2.21. The highest BCUT2D eigenvalue weighted by Crippen LogP contribution is 2.39. The zero-order valence-corrected chi connectivity index (χ0v) is 12.3. The molecule has 0 atom stereocenters. The maximum Gasteiger partial charge on any atom is 0.341 e. The Bertz CT molecular complexity index is 617. The van der Waals surface area contributed by atoms with Crippen molar-refractivity contribution in [3.8, 4) is 0 Å². The Morgan fingerprint density at radius 3 is 2.76 bits per heavy atom. The van der Waals surface area contributed by atoms with Crippen molar-refractivity contribution in [1.29, 1.82) is 0 Å². The fourth-order valence-corrected chi connectivity index (χ4v) is 3.49. The Balaban J connectivity index is 2.25. The molecule has 0 saturated heterocycles. The van der Waals surface area contributed by atoms with Gasteiger partial charge < -0.3 is 15.2 Å². The first-order valence-electron chi connectivity index (χ1n) is 6.56. The number of anilines is 1. The number of carboxylic acids is 1. The SMILES string of the molecule is CCOC(=O)c1c(NC(=O)C=CC(=O)O)sc2c1CCC2. The molecule has 1 aliphatic rings. The van der Waals surface area contributed by atoms with Gasteiger partial charge in [-0.25, -0.2) is 9.59 Å². The van der Waals surface area contributed by atoms with E-state index < -0.39 is 17.8 Å². The lowest BCUT2D eigenvalue weighted by Crippen LogP contribution is -2.13. The van der Waals surface area contributed by atoms with Crippen LogP contribution in [-0.4, -0.2) is 29.6 Å². The number of aliphatic carboxylic acids is 1. The molecule has 6 nitrogen and oxygen atoms in total. The minimum atomic E-state index is -1.20. The summed E-state index contributed by atoms with van der Waals surface area (Å²) in [5.41, 5.74) is 1.35. The average Bonchev–Trinajstić information content (AvgIpc) is 2.96. The molecule has 0 aromatic carbocycles. The van der Waals surface area contributed by atoms with Crippen molar-refractivity contribution in [1.82, 2.24) is 0 Å². The molecule has 0 radical (unpaired) electrons. The van der Waals surface area contributed by atoms with Crippen LogP contribution in [0.2, 0.25) is 0 Å². The van der Waals surface area contributed by atoms with Crippen molar-refractivity contribution in [2.75, 3.05) is 11.9 Å². The third kappa shape index (κ3) is 3.49. The maximum absolute atomic E-state index is 12.1. The highest BCUT2D eigenvalue weighted by molar-refractivity contribution is 7.17. The van der Waals surface area contributed by atoms with Crippen molar-refractivity contribution in [2.45, 2.75) is 26.2 Å². The number of fused-ring (bicyclic) bond motifs is 1. The number of hydrogen-bond donors (Lipinski definition) is 2. The van der Waals surface area contributed by atoms with E-state index in [1.165, 1.54) is 11.3 Å². The molecule has 2 N–H and O–H groups in total. The number of amides is 1. The maximum atomic E-state index is 12.1. The molecule has 1 amide bonds. The molecule has 0 unspecified atom stereocenters. The highest BCUT2D eigenvalue weighted by atomic mass is 32.1. The predicted octanol–water partition coefficient (Wildman–Crippen LogP) is 1.99. The number of rotatable bonds is 5. The standard InChI is InChI=1S/C14H15NO5S/c1-2-20-14(19)12-8-4-3-5-9(8)21-13(12)15-10(16)6-7-11(17)18/h6-7H,2-5H2,1H3,(H,15,16)(H,17,18). The molecule has 0 fully saturated rings. The molecule has 1 heterocycles. The molecular weight excluding hydrogens is 294 g/mol. The summed E-state index contributed by atoms with van der Waals surface area (Å²) in [7, 11) is 0. The third-order valence-electron chi connectivity index (χ3n) is 3.01. The van der Waals surface area contributed by atoms with Gasteiger partial charge in [-0.1, -0.05) is 0 Å². The van der Waals surface area contributed by atoms with E-state index in [-0.39, 0.29) is 6.61 Å². The van der Waals surface area contributed by atoms with Crippen LogP contribution >= 0.6 is 11.3 Å². The summed E-state index contributed by atoms with van der Waals surface area (Å²) in [6.45, 7) is 1.98. The molecular formula is C14H15NO5S. The van der Waals surface area contributed by atoms with E-state index >= 15 is 0 Å². The van der Waals surface area contributed by atoms with Gasteiger partial charge in [-0.15, -0.1) is 11.3 Å². The molecule has 0 saturated carbocycles. The molecule has 112 valence electrons. The molecule has 0 aliphatic heterocycles. The normalized spacial score (nSPS) is 13.2. The van der Waals surface area contributed by atoms with E-state index in [1.54, 1.807) is 6.92 Å². The molecule has 0 spiro atoms. The van der Waals surface area contributed by atoms with Gasteiger partial charge in [0.15, 0.2) is 0 Å². The lowest BCUT2D eigenvalue weighted by molar-refractivity contribution is -0.131. The second kappa shape index (κ2) is 6.53. The van der Waals surface area contributed by atoms with E-state index in [2.05, 4.69) is 5.32 Å². The Morgan fingerprint density at radius 2 is 2.10 bits per heavy atom. The molecule has 1 aromatic rings. The van der Waals surface area contributed by atoms with Gasteiger partial charge in [0.25, 0.3) is 0 Å². The molecule has 21 heavy (non-hydrogen) atoms. The van der Waals surface area contributed by atoms with Crippen LogP contribution < -0.4 is 5.32 Å². The smallest absolute Gasteiger partial charge is 0.341 e. The third-order valence-corrected chi connectivity index (χ3v) is 4.22. The number of thiophene rings is 1. The Kier molecular flexibility index (Phi) is 4.74. The minimum absolute atomic E-state index is 0.260. The number of carboxylic acid groups (broad SMARTS) is 1. The number of ether oxygens (including phenoxy) is 1. The van der Waals surface area contributed by atoms with Crippen LogP contribution in [0.5, 0.6) is 0 Å². The molecule has 1 aromatic heterocycles. The largest absolute Gasteiger partial charge is 0.478 e. The van der Waals surface area contributed by atoms with Crippen LogP contribution in [0.1, 0.15) is 34.1 Å². The first-order valence-corrected chi connectivity index (χ1v) is 7.38. The number of carbonyl (C=O) groups excluding carboxylic acids is 2. The summed E-state index contributed by atoms with van der Waals surface area (Å²) in [4.78, 5) is 35.2. The molecule has 7 heteroatoms. The minimum Gasteiger partial charge on any atom is -0.478 e. The van der Waals surface area contributed by atoms with Crippen molar-refractivity contribution in [3.05, 3.63) is 28.2 Å². The second-order valence-electron chi connectivity index (χ2n) is 4.44. The van der Waals surface area contributed by atoms with E-state index in [4.69, 9.17) is 9.84 Å². The molecule has 2 rings (SSSR count). The Hall–Kier alpha value is -2.15. The zero-order chi connectivity index (χ0) is 15.4. The highest BCUT2D eigenvalue weighted by Gasteiger charge is 2.27. The van der Waals surface area contributed by atoms with Gasteiger partial charge in [-0.05, 0) is 31.7 Å². The van der Waals surface area contributed by atoms with Gasteiger partial charge in [0.1, 0.15) is 5.00 Å². The summed E-state index contributed by atoms with van der Waals surface area (Å²) in [5, 5.41) is 11.5. The molecule has 0 bridgehead atoms. The fraction of sp³-hybridized carbons (Fsp3) is 0.357.